The minimum Gasteiger partial charge on any atom is -0.346 e. The molecule has 0 aromatic carbocycles. The Morgan fingerprint density at radius 2 is 1.79 bits per heavy atom. The summed E-state index contributed by atoms with van der Waals surface area (Å²) in [5, 5.41) is 0. The Kier molecular flexibility index (Phi) is 4.30. The average Bonchev–Trinajstić information content (AvgIpc) is 2.13. The van der Waals surface area contributed by atoms with Gasteiger partial charge in [0.15, 0.2) is 0 Å². The molecule has 3 nitrogen and oxygen atoms in total. The summed E-state index contributed by atoms with van der Waals surface area (Å²) in [6.45, 7) is 9.59. The van der Waals surface area contributed by atoms with Gasteiger partial charge in [-0.3, -0.25) is 9.59 Å². The first-order valence-electron chi connectivity index (χ1n) is 5.01. The van der Waals surface area contributed by atoms with Gasteiger partial charge in [-0.2, -0.15) is 0 Å². The third-order valence-corrected chi connectivity index (χ3v) is 3.21. The van der Waals surface area contributed by atoms with Crippen molar-refractivity contribution in [3.8, 4) is 0 Å². The van der Waals surface area contributed by atoms with Gasteiger partial charge < -0.3 is 4.90 Å². The Bertz CT molecular complexity index is 233. The van der Waals surface area contributed by atoms with E-state index in [1.54, 1.807) is 11.9 Å². The van der Waals surface area contributed by atoms with E-state index in [0.717, 1.165) is 0 Å². The van der Waals surface area contributed by atoms with Crippen molar-refractivity contribution in [1.82, 2.24) is 4.90 Å². The molecule has 0 saturated heterocycles. The first-order valence-corrected chi connectivity index (χ1v) is 5.01. The lowest BCUT2D eigenvalue weighted by Crippen LogP contribution is -2.41. The predicted molar refractivity (Wildman–Crippen MR) is 56.9 cm³/mol. The topological polar surface area (TPSA) is 37.4 Å². The second-order valence-corrected chi connectivity index (χ2v) is 4.35. The molecule has 14 heavy (non-hydrogen) atoms. The summed E-state index contributed by atoms with van der Waals surface area (Å²) < 4.78 is 0. The first-order chi connectivity index (χ1) is 6.25. The number of rotatable bonds is 4. The van der Waals surface area contributed by atoms with Crippen molar-refractivity contribution in [2.45, 2.75) is 34.6 Å². The van der Waals surface area contributed by atoms with Crippen LogP contribution in [0, 0.1) is 11.3 Å². The van der Waals surface area contributed by atoms with Crippen LogP contribution in [0.1, 0.15) is 34.6 Å². The lowest BCUT2D eigenvalue weighted by Gasteiger charge is -2.30. The van der Waals surface area contributed by atoms with Crippen LogP contribution >= 0.6 is 0 Å². The fraction of sp³-hybridized carbons (Fsp3) is 0.818. The van der Waals surface area contributed by atoms with Crippen LogP contribution in [0.3, 0.4) is 0 Å². The van der Waals surface area contributed by atoms with Crippen LogP contribution in [0.5, 0.6) is 0 Å². The van der Waals surface area contributed by atoms with Gasteiger partial charge in [-0.25, -0.2) is 0 Å². The van der Waals surface area contributed by atoms with Gasteiger partial charge in [0, 0.05) is 24.9 Å². The molecule has 0 aromatic heterocycles. The largest absolute Gasteiger partial charge is 0.346 e. The van der Waals surface area contributed by atoms with Gasteiger partial charge in [0.2, 0.25) is 5.91 Å². The lowest BCUT2D eigenvalue weighted by atomic mass is 9.76. The van der Waals surface area contributed by atoms with E-state index in [0.29, 0.717) is 6.54 Å². The highest BCUT2D eigenvalue weighted by Crippen LogP contribution is 2.28. The Morgan fingerprint density at radius 3 is 2.07 bits per heavy atom. The molecule has 0 aliphatic rings. The van der Waals surface area contributed by atoms with Crippen molar-refractivity contribution < 1.29 is 9.59 Å². The molecule has 0 spiro atoms. The molecule has 0 aliphatic heterocycles. The molecule has 1 unspecified atom stereocenters. The van der Waals surface area contributed by atoms with E-state index in [-0.39, 0.29) is 17.6 Å². The molecule has 0 aliphatic carbocycles. The quantitative estimate of drug-likeness (QED) is 0.691. The third kappa shape index (κ3) is 2.56. The summed E-state index contributed by atoms with van der Waals surface area (Å²) in [5.41, 5.74) is -0.569. The molecule has 1 amide bonds. The van der Waals surface area contributed by atoms with Gasteiger partial charge >= 0.3 is 0 Å². The zero-order valence-corrected chi connectivity index (χ0v) is 10.0. The van der Waals surface area contributed by atoms with Gasteiger partial charge in [-0.15, -0.1) is 0 Å². The number of ketones is 1. The average molecular weight is 199 g/mol. The molecule has 3 heteroatoms. The van der Waals surface area contributed by atoms with E-state index in [4.69, 9.17) is 0 Å². The molecular formula is C11H21NO2. The van der Waals surface area contributed by atoms with E-state index in [2.05, 4.69) is 0 Å². The summed E-state index contributed by atoms with van der Waals surface area (Å²) >= 11 is 0. The number of Topliss-reactive ketones (excluding diaryl/α,β-unsaturated/α-hetero) is 1. The molecule has 0 fully saturated rings. The molecule has 0 saturated carbocycles. The van der Waals surface area contributed by atoms with Crippen molar-refractivity contribution in [2.75, 3.05) is 13.6 Å². The summed E-state index contributed by atoms with van der Waals surface area (Å²) in [5.74, 6) is -0.166. The molecule has 82 valence electrons. The fourth-order valence-electron chi connectivity index (χ4n) is 1.10. The summed E-state index contributed by atoms with van der Waals surface area (Å²) in [6, 6.07) is 0. The highest BCUT2D eigenvalue weighted by atomic mass is 16.2. The van der Waals surface area contributed by atoms with Crippen molar-refractivity contribution in [1.29, 1.82) is 0 Å². The summed E-state index contributed by atoms with van der Waals surface area (Å²) in [4.78, 5) is 24.8. The maximum absolute atomic E-state index is 11.8. The minimum absolute atomic E-state index is 0.0349. The number of carbonyl (C=O) groups excluding carboxylic acids is 2. The van der Waals surface area contributed by atoms with Gasteiger partial charge in [0.25, 0.3) is 0 Å². The van der Waals surface area contributed by atoms with Gasteiger partial charge in [-0.1, -0.05) is 20.8 Å². The zero-order valence-electron chi connectivity index (χ0n) is 10.0. The Labute approximate surface area is 86.5 Å². The van der Waals surface area contributed by atoms with Crippen molar-refractivity contribution in [3.05, 3.63) is 0 Å². The van der Waals surface area contributed by atoms with Crippen LogP contribution in [-0.2, 0) is 9.59 Å². The van der Waals surface area contributed by atoms with Gasteiger partial charge in [0.05, 0.1) is 0 Å². The number of hydrogen-bond donors (Lipinski definition) is 0. The number of hydrogen-bond acceptors (Lipinski definition) is 2. The van der Waals surface area contributed by atoms with Crippen LogP contribution in [0.4, 0.5) is 0 Å². The molecule has 0 heterocycles. The van der Waals surface area contributed by atoms with Gasteiger partial charge in [-0.05, 0) is 13.8 Å². The smallest absolute Gasteiger partial charge is 0.226 e. The minimum atomic E-state index is -0.569. The van der Waals surface area contributed by atoms with E-state index in [1.807, 2.05) is 27.7 Å². The van der Waals surface area contributed by atoms with Gasteiger partial charge in [0.1, 0.15) is 5.78 Å². The monoisotopic (exact) mass is 199 g/mol. The first kappa shape index (κ1) is 13.1. The maximum Gasteiger partial charge on any atom is 0.226 e. The Morgan fingerprint density at radius 1 is 1.36 bits per heavy atom. The van der Waals surface area contributed by atoms with E-state index >= 15 is 0 Å². The second-order valence-electron chi connectivity index (χ2n) is 4.35. The predicted octanol–water partition coefficient (Wildman–Crippen LogP) is 1.72. The molecule has 0 radical (unpaired) electrons. The maximum atomic E-state index is 11.8. The van der Waals surface area contributed by atoms with Crippen LogP contribution in [0.2, 0.25) is 0 Å². The summed E-state index contributed by atoms with van der Waals surface area (Å²) in [6.07, 6.45) is 0. The number of amides is 1. The molecule has 1 atom stereocenters. The molecule has 0 aromatic rings. The molecule has 0 bridgehead atoms. The van der Waals surface area contributed by atoms with Crippen molar-refractivity contribution >= 4 is 11.7 Å². The number of nitrogens with zero attached hydrogens (tertiary/aromatic N) is 1. The standard InChI is InChI=1S/C11H21NO2/c1-7-12(6)10(14)8(2)11(4,5)9(3)13/h8H,7H2,1-6H3. The van der Waals surface area contributed by atoms with Crippen molar-refractivity contribution in [3.63, 3.8) is 0 Å². The Balaban J connectivity index is 4.69. The molecule has 0 N–H and O–H groups in total. The zero-order chi connectivity index (χ0) is 11.5. The molecular weight excluding hydrogens is 178 g/mol. The highest BCUT2D eigenvalue weighted by molar-refractivity contribution is 5.89. The number of carbonyl (C=O) groups is 2. The van der Waals surface area contributed by atoms with E-state index in [9.17, 15) is 9.59 Å². The van der Waals surface area contributed by atoms with Crippen LogP contribution in [0.15, 0.2) is 0 Å². The van der Waals surface area contributed by atoms with E-state index < -0.39 is 5.41 Å². The Hall–Kier alpha value is -0.860. The van der Waals surface area contributed by atoms with E-state index in [1.165, 1.54) is 6.92 Å². The second kappa shape index (κ2) is 4.58. The van der Waals surface area contributed by atoms with Crippen LogP contribution in [-0.4, -0.2) is 30.2 Å². The molecule has 0 rings (SSSR count). The fourth-order valence-corrected chi connectivity index (χ4v) is 1.10. The van der Waals surface area contributed by atoms with Crippen LogP contribution < -0.4 is 0 Å². The van der Waals surface area contributed by atoms with Crippen LogP contribution in [0.25, 0.3) is 0 Å². The SMILES string of the molecule is CCN(C)C(=O)C(C)C(C)(C)C(C)=O. The van der Waals surface area contributed by atoms with Crippen molar-refractivity contribution in [2.24, 2.45) is 11.3 Å². The normalized spacial score (nSPS) is 13.6. The third-order valence-electron chi connectivity index (χ3n) is 3.21. The highest BCUT2D eigenvalue weighted by Gasteiger charge is 2.36. The lowest BCUT2D eigenvalue weighted by molar-refractivity contribution is -0.142. The summed E-state index contributed by atoms with van der Waals surface area (Å²) in [7, 11) is 1.76.